The van der Waals surface area contributed by atoms with E-state index in [-0.39, 0.29) is 39.7 Å². The number of rotatable bonds is 8. The van der Waals surface area contributed by atoms with Crippen molar-refractivity contribution in [1.82, 2.24) is 9.13 Å². The highest BCUT2D eigenvalue weighted by Gasteiger charge is 2.47. The van der Waals surface area contributed by atoms with Gasteiger partial charge in [-0.2, -0.15) is 5.26 Å². The molecule has 107 heavy (non-hydrogen) atoms. The molecular formula is C101H90BN5. The number of aromatic nitrogens is 2. The van der Waals surface area contributed by atoms with Crippen LogP contribution in [0.25, 0.3) is 104 Å². The quantitative estimate of drug-likeness (QED) is 0.112. The van der Waals surface area contributed by atoms with Crippen molar-refractivity contribution < 1.29 is 0 Å². The van der Waals surface area contributed by atoms with Crippen LogP contribution in [0.2, 0.25) is 0 Å². The number of hydrogen-bond acceptors (Lipinski definition) is 2. The summed E-state index contributed by atoms with van der Waals surface area (Å²) in [7, 11) is 0. The zero-order chi connectivity index (χ0) is 74.5. The van der Waals surface area contributed by atoms with Gasteiger partial charge in [0.05, 0.1) is 46.0 Å². The maximum atomic E-state index is 10.5. The third-order valence-corrected chi connectivity index (χ3v) is 23.1. The molecular weight excluding hydrogens is 1290 g/mol. The van der Waals surface area contributed by atoms with Crippen LogP contribution in [0.3, 0.4) is 0 Å². The number of anilines is 3. The second kappa shape index (κ2) is 25.0. The Balaban J connectivity index is 1.07. The minimum absolute atomic E-state index is 0.168. The van der Waals surface area contributed by atoms with Crippen molar-refractivity contribution in [2.24, 2.45) is 0 Å². The van der Waals surface area contributed by atoms with Gasteiger partial charge < -0.3 is 14.0 Å². The SMILES string of the molecule is [C-]#[N+]c1ccc(-c2cccc(-c3cc(C(C)(C)C)cc(C(C)(C)C)c3)c2C2c3cc(-n4c5ccccc5c5ccccc54)ccc3B3c4ccc(-n5c6ccccc6c6ccccc65)cc4N(c4c(-c5ccc(C#N)cc5)cccc4-c4cc(C(C)(C)C)cc(C(C)(C)C)c4)c4cc(C(C)(C)C)cc2c43)cc1. The number of fused-ring (bicyclic) bond motifs is 10. The molecule has 0 saturated heterocycles. The molecule has 0 amide bonds. The average Bonchev–Trinajstić information content (AvgIpc) is 1.25. The highest BCUT2D eigenvalue weighted by atomic mass is 15.2. The van der Waals surface area contributed by atoms with Gasteiger partial charge in [0.1, 0.15) is 0 Å². The summed E-state index contributed by atoms with van der Waals surface area (Å²) in [6.07, 6.45) is 0. The summed E-state index contributed by atoms with van der Waals surface area (Å²) in [5.41, 5.74) is 32.8. The van der Waals surface area contributed by atoms with Gasteiger partial charge in [-0.3, -0.25) is 0 Å². The molecule has 1 atom stereocenters. The van der Waals surface area contributed by atoms with E-state index >= 15 is 0 Å². The van der Waals surface area contributed by atoms with E-state index in [0.717, 1.165) is 83.9 Å². The lowest BCUT2D eigenvalue weighted by atomic mass is 9.31. The molecule has 2 aliphatic rings. The van der Waals surface area contributed by atoms with E-state index in [4.69, 9.17) is 6.57 Å². The van der Waals surface area contributed by atoms with Gasteiger partial charge in [-0.25, -0.2) is 4.85 Å². The predicted octanol–water partition coefficient (Wildman–Crippen LogP) is 25.3. The highest BCUT2D eigenvalue weighted by molar-refractivity contribution is 6.99. The van der Waals surface area contributed by atoms with Gasteiger partial charge in [0.2, 0.25) is 6.71 Å². The van der Waals surface area contributed by atoms with Crippen molar-refractivity contribution in [2.75, 3.05) is 4.90 Å². The van der Waals surface area contributed by atoms with E-state index in [1.807, 2.05) is 24.3 Å². The van der Waals surface area contributed by atoms with Crippen molar-refractivity contribution in [1.29, 1.82) is 5.26 Å². The van der Waals surface area contributed by atoms with Crippen molar-refractivity contribution in [3.05, 3.63) is 328 Å². The number of nitrogens with zero attached hydrogens (tertiary/aromatic N) is 5. The van der Waals surface area contributed by atoms with Crippen molar-refractivity contribution >= 4 is 89.5 Å². The second-order valence-electron chi connectivity index (χ2n) is 35.2. The van der Waals surface area contributed by atoms with Crippen LogP contribution >= 0.6 is 0 Å². The first-order valence-corrected chi connectivity index (χ1v) is 38.0. The Morgan fingerprint density at radius 3 is 1.21 bits per heavy atom. The molecule has 0 saturated carbocycles. The zero-order valence-electron chi connectivity index (χ0n) is 64.3. The van der Waals surface area contributed by atoms with E-state index in [1.54, 1.807) is 0 Å². The molecule has 17 rings (SSSR count). The minimum Gasteiger partial charge on any atom is -0.310 e. The zero-order valence-corrected chi connectivity index (χ0v) is 64.3. The Morgan fingerprint density at radius 2 is 0.748 bits per heavy atom. The van der Waals surface area contributed by atoms with Crippen LogP contribution in [0.1, 0.15) is 160 Å². The monoisotopic (exact) mass is 1380 g/mol. The van der Waals surface area contributed by atoms with E-state index in [9.17, 15) is 5.26 Å². The summed E-state index contributed by atoms with van der Waals surface area (Å²) < 4.78 is 4.99. The Bertz CT molecular complexity index is 5700. The molecule has 1 unspecified atom stereocenters. The fraction of sp³-hybridized carbons (Fsp3) is 0.208. The minimum atomic E-state index is -0.375. The Morgan fingerprint density at radius 1 is 0.355 bits per heavy atom. The molecule has 0 bridgehead atoms. The summed E-state index contributed by atoms with van der Waals surface area (Å²) in [4.78, 5) is 6.67. The molecule has 0 radical (unpaired) electrons. The van der Waals surface area contributed by atoms with Gasteiger partial charge in [0.15, 0.2) is 5.69 Å². The number of benzene rings is 13. The first-order chi connectivity index (χ1) is 51.1. The summed E-state index contributed by atoms with van der Waals surface area (Å²) in [5.74, 6) is -0.375. The smallest absolute Gasteiger partial charge is 0.247 e. The fourth-order valence-corrected chi connectivity index (χ4v) is 17.3. The van der Waals surface area contributed by atoms with Gasteiger partial charge in [-0.15, -0.1) is 0 Å². The molecule has 6 heteroatoms. The Kier molecular flexibility index (Phi) is 16.0. The average molecular weight is 1380 g/mol. The van der Waals surface area contributed by atoms with Crippen molar-refractivity contribution in [2.45, 2.75) is 137 Å². The molecule has 4 heterocycles. The normalized spacial score (nSPS) is 13.8. The fourth-order valence-electron chi connectivity index (χ4n) is 17.3. The molecule has 5 nitrogen and oxygen atoms in total. The van der Waals surface area contributed by atoms with E-state index < -0.39 is 0 Å². The highest BCUT2D eigenvalue weighted by Crippen LogP contribution is 2.54. The third-order valence-electron chi connectivity index (χ3n) is 23.1. The lowest BCUT2D eigenvalue weighted by Crippen LogP contribution is -2.62. The van der Waals surface area contributed by atoms with Crippen LogP contribution in [0, 0.1) is 17.9 Å². The molecule has 15 aromatic rings. The van der Waals surface area contributed by atoms with Crippen LogP contribution in [0.15, 0.2) is 267 Å². The first kappa shape index (κ1) is 68.4. The number of para-hydroxylation sites is 5. The van der Waals surface area contributed by atoms with Crippen LogP contribution < -0.4 is 21.3 Å². The number of nitriles is 1. The predicted molar refractivity (Wildman–Crippen MR) is 455 cm³/mol. The summed E-state index contributed by atoms with van der Waals surface area (Å²) in [6.45, 7) is 43.2. The Hall–Kier alpha value is -11.7. The third kappa shape index (κ3) is 11.5. The standard InChI is InChI=1S/C101H90BN5/c1-97(2,3)67-51-65(52-68(55-67)98(4,5)6)76-32-25-31-75(63-43-45-72(104-16)46-44-63)93(76)94-83-59-73(105-87-35-21-17-27-79(87)80-28-18-22-36-88(80)105)47-49-85(83)102-86-50-48-74(106-89-37-23-19-29-81(89)82-30-20-24-38-90(82)106)60-91(86)107(92-58-71(101(13,14)15)57-84(94)95(92)102)96-77(64-41-39-62(61-103)40-42-64)33-26-34-78(96)66-53-69(99(7,8)9)56-70(54-66)100(10,11)12/h17-60,94H,1-15H3. The molecule has 13 aromatic carbocycles. The molecule has 2 aliphatic heterocycles. The maximum Gasteiger partial charge on any atom is 0.247 e. The lowest BCUT2D eigenvalue weighted by molar-refractivity contribution is 0.568. The van der Waals surface area contributed by atoms with Crippen LogP contribution in [0.4, 0.5) is 22.7 Å². The van der Waals surface area contributed by atoms with Gasteiger partial charge in [0.25, 0.3) is 0 Å². The van der Waals surface area contributed by atoms with E-state index in [2.05, 4.69) is 371 Å². The molecule has 2 aromatic heterocycles. The summed E-state index contributed by atoms with van der Waals surface area (Å²) in [5, 5.41) is 15.3. The van der Waals surface area contributed by atoms with Gasteiger partial charge in [-0.05, 0) is 183 Å². The molecule has 0 fully saturated rings. The van der Waals surface area contributed by atoms with Gasteiger partial charge >= 0.3 is 0 Å². The summed E-state index contributed by atoms with van der Waals surface area (Å²) in [6, 6.07) is 103. The summed E-state index contributed by atoms with van der Waals surface area (Å²) >= 11 is 0. The topological polar surface area (TPSA) is 41.2 Å². The van der Waals surface area contributed by atoms with E-state index in [0.29, 0.717) is 11.3 Å². The lowest BCUT2D eigenvalue weighted by Gasteiger charge is -2.45. The van der Waals surface area contributed by atoms with Crippen LogP contribution in [-0.4, -0.2) is 15.8 Å². The van der Waals surface area contributed by atoms with E-state index in [1.165, 1.54) is 93.6 Å². The molecule has 0 aliphatic carbocycles. The van der Waals surface area contributed by atoms with Crippen molar-refractivity contribution in [3.63, 3.8) is 0 Å². The van der Waals surface area contributed by atoms with Crippen LogP contribution in [0.5, 0.6) is 0 Å². The van der Waals surface area contributed by atoms with Gasteiger partial charge in [0, 0.05) is 61.3 Å². The first-order valence-electron chi connectivity index (χ1n) is 38.0. The maximum absolute atomic E-state index is 10.5. The largest absolute Gasteiger partial charge is 0.310 e. The van der Waals surface area contributed by atoms with Crippen LogP contribution in [-0.2, 0) is 27.1 Å². The molecule has 0 spiro atoms. The Labute approximate surface area is 632 Å². The second-order valence-corrected chi connectivity index (χ2v) is 35.2. The van der Waals surface area contributed by atoms with Crippen molar-refractivity contribution in [3.8, 4) is 62.0 Å². The van der Waals surface area contributed by atoms with Gasteiger partial charge in [-0.1, -0.05) is 310 Å². The molecule has 0 N–H and O–H groups in total. The molecule has 522 valence electrons. The number of hydrogen-bond donors (Lipinski definition) is 0.